The monoisotopic (exact) mass is 1060 g/mol. The molecule has 6 amide bonds. The third-order valence-electron chi connectivity index (χ3n) is 12.3. The van der Waals surface area contributed by atoms with Crippen LogP contribution >= 0.6 is 11.6 Å². The Labute approximate surface area is 450 Å². The zero-order valence-corrected chi connectivity index (χ0v) is 44.3. The second-order valence-corrected chi connectivity index (χ2v) is 20.8. The van der Waals surface area contributed by atoms with E-state index < -0.39 is 28.8 Å². The van der Waals surface area contributed by atoms with E-state index in [-0.39, 0.29) is 29.7 Å². The summed E-state index contributed by atoms with van der Waals surface area (Å²) in [6, 6.07) is 33.2. The normalized spacial score (nSPS) is 12.3. The summed E-state index contributed by atoms with van der Waals surface area (Å²) in [5, 5.41) is 25.3. The Morgan fingerprint density at radius 1 is 0.675 bits per heavy atom. The molecule has 0 unspecified atom stereocenters. The highest BCUT2D eigenvalue weighted by Gasteiger charge is 2.38. The number of nitrogens with two attached hydrogens (primary N) is 1. The maximum absolute atomic E-state index is 16.0. The van der Waals surface area contributed by atoms with Gasteiger partial charge in [0.25, 0.3) is 5.91 Å². The number of fused-ring (bicyclic) bond motifs is 1. The number of amides is 6. The number of carbonyl (C=O) groups excluding carboxylic acids is 4. The fourth-order valence-corrected chi connectivity index (χ4v) is 8.55. The summed E-state index contributed by atoms with van der Waals surface area (Å²) in [5.74, 6) is 0.926. The number of primary amides is 1. The Morgan fingerprint density at radius 2 is 1.31 bits per heavy atom. The Balaban J connectivity index is 1.23. The molecule has 0 aliphatic carbocycles. The molecule has 77 heavy (non-hydrogen) atoms. The Kier molecular flexibility index (Phi) is 15.1. The van der Waals surface area contributed by atoms with E-state index in [4.69, 9.17) is 37.0 Å². The summed E-state index contributed by atoms with van der Waals surface area (Å²) < 4.78 is 15.5. The number of rotatable bonds is 13. The molecule has 0 bridgehead atoms. The average Bonchev–Trinajstić information content (AvgIpc) is 4.09. The van der Waals surface area contributed by atoms with E-state index in [1.165, 1.54) is 41.7 Å². The summed E-state index contributed by atoms with van der Waals surface area (Å²) >= 11 is 6.25. The summed E-state index contributed by atoms with van der Waals surface area (Å²) in [6.07, 6.45) is 5.18. The van der Waals surface area contributed by atoms with Crippen LogP contribution in [0.25, 0.3) is 11.4 Å². The van der Waals surface area contributed by atoms with Gasteiger partial charge in [0.15, 0.2) is 11.6 Å². The van der Waals surface area contributed by atoms with Gasteiger partial charge in [-0.05, 0) is 96.4 Å². The van der Waals surface area contributed by atoms with Gasteiger partial charge in [0.1, 0.15) is 28.7 Å². The minimum atomic E-state index is -0.791. The number of hydrogen-bond donors (Lipinski definition) is 5. The van der Waals surface area contributed by atoms with E-state index in [9.17, 15) is 9.59 Å². The topological polar surface area (TPSA) is 229 Å². The number of aromatic nitrogens is 6. The third kappa shape index (κ3) is 12.4. The van der Waals surface area contributed by atoms with Crippen molar-refractivity contribution in [1.29, 1.82) is 0 Å². The number of benzene rings is 4. The first kappa shape index (κ1) is 52.8. The van der Waals surface area contributed by atoms with Crippen LogP contribution in [0.4, 0.5) is 32.6 Å². The van der Waals surface area contributed by atoms with Gasteiger partial charge in [-0.2, -0.15) is 20.2 Å². The second-order valence-electron chi connectivity index (χ2n) is 20.3. The summed E-state index contributed by atoms with van der Waals surface area (Å²) in [7, 11) is 1.51. The van der Waals surface area contributed by atoms with Crippen molar-refractivity contribution in [3.05, 3.63) is 179 Å². The predicted molar refractivity (Wildman–Crippen MR) is 296 cm³/mol. The highest BCUT2D eigenvalue weighted by atomic mass is 35.5. The molecule has 394 valence electrons. The van der Waals surface area contributed by atoms with E-state index >= 15 is 9.59 Å². The van der Waals surface area contributed by atoms with E-state index in [2.05, 4.69) is 37.3 Å². The van der Waals surface area contributed by atoms with Crippen LogP contribution in [0.1, 0.15) is 80.1 Å². The summed E-state index contributed by atoms with van der Waals surface area (Å²) in [4.78, 5) is 64.7. The second kappa shape index (κ2) is 22.0. The van der Waals surface area contributed by atoms with Crippen molar-refractivity contribution in [3.63, 3.8) is 0 Å². The number of hydrazine groups is 1. The molecule has 0 spiro atoms. The van der Waals surface area contributed by atoms with Crippen LogP contribution in [-0.2, 0) is 35.0 Å². The number of carbonyl (C=O) groups is 4. The molecule has 8 aromatic rings. The molecule has 5 heterocycles. The van der Waals surface area contributed by atoms with Crippen LogP contribution in [0.15, 0.2) is 140 Å². The SMILES string of the molecule is CNC(=O)c1cc(Oc2ccc(NC(=O)N(c3cc(C(C)(C)C)nn3-c3cccc(CC(N)=O)c3)N(C(=O)Nc3cccc(Oc4cncc(Cl)c4)c3)c3cc(C(C)(C)C)nn3-c3ccc4c(c3)CCNC4)cc2)ccn1. The first-order valence-electron chi connectivity index (χ1n) is 24.8. The number of hydrogen-bond acceptors (Lipinski definition) is 11. The number of nitrogens with one attached hydrogen (secondary N) is 4. The maximum atomic E-state index is 16.0. The van der Waals surface area contributed by atoms with Crippen molar-refractivity contribution in [2.24, 2.45) is 5.73 Å². The zero-order valence-electron chi connectivity index (χ0n) is 43.6. The van der Waals surface area contributed by atoms with Crippen LogP contribution in [0.2, 0.25) is 5.02 Å². The van der Waals surface area contributed by atoms with E-state index in [0.717, 1.165) is 24.1 Å². The van der Waals surface area contributed by atoms with Gasteiger partial charge in [-0.3, -0.25) is 19.6 Å². The van der Waals surface area contributed by atoms with Crippen LogP contribution in [0.5, 0.6) is 23.0 Å². The Hall–Kier alpha value is -9.07. The molecule has 4 aromatic heterocycles. The smallest absolute Gasteiger partial charge is 0.347 e. The molecule has 19 nitrogen and oxygen atoms in total. The molecule has 1 aliphatic rings. The quantitative estimate of drug-likeness (QED) is 0.0682. The molecular formula is C57H58ClN13O6. The van der Waals surface area contributed by atoms with Crippen LogP contribution in [0.3, 0.4) is 0 Å². The summed E-state index contributed by atoms with van der Waals surface area (Å²) in [6.45, 7) is 13.5. The number of halogens is 1. The number of ether oxygens (including phenoxy) is 2. The van der Waals surface area contributed by atoms with Crippen molar-refractivity contribution in [3.8, 4) is 34.4 Å². The molecule has 0 saturated heterocycles. The fraction of sp³-hybridized carbons (Fsp3) is 0.228. The van der Waals surface area contributed by atoms with Crippen molar-refractivity contribution in [1.82, 2.24) is 40.2 Å². The molecular weight excluding hydrogens is 998 g/mol. The number of urea groups is 2. The van der Waals surface area contributed by atoms with Crippen molar-refractivity contribution >= 4 is 58.5 Å². The summed E-state index contributed by atoms with van der Waals surface area (Å²) in [5.41, 5.74) is 10.5. The highest BCUT2D eigenvalue weighted by Crippen LogP contribution is 2.37. The lowest BCUT2D eigenvalue weighted by Gasteiger charge is -2.34. The molecule has 6 N–H and O–H groups in total. The standard InChI is InChI=1S/C57H58ClN13O6/c1-56(2,3)48-30-51(68(66-48)41-12-8-10-35(24-41)25-50(59)72)70(54(74)64-39-15-18-43(19-16-39)76-45-21-23-63-47(29-45)53(73)60-7)71(55(75)65-40-11-9-13-44(28-40)77-46-27-38(58)33-62-34-46)52-31-49(57(4,5)6)67-69(52)42-17-14-37-32-61-22-20-36(37)26-42/h8-19,21,23-24,26-31,33-34,61H,20,22,25,32H2,1-7H3,(H2,59,72)(H,60,73)(H,64,74)(H,65,75). The molecule has 0 fully saturated rings. The van der Waals surface area contributed by atoms with Gasteiger partial charge in [-0.25, -0.2) is 19.0 Å². The van der Waals surface area contributed by atoms with Gasteiger partial charge in [-0.1, -0.05) is 77.4 Å². The maximum Gasteiger partial charge on any atom is 0.347 e. The van der Waals surface area contributed by atoms with Gasteiger partial charge < -0.3 is 36.5 Å². The molecule has 9 rings (SSSR count). The number of pyridine rings is 2. The molecule has 0 saturated carbocycles. The van der Waals surface area contributed by atoms with E-state index in [0.29, 0.717) is 74.3 Å². The van der Waals surface area contributed by atoms with Crippen molar-refractivity contribution < 1.29 is 28.7 Å². The Bertz CT molecular complexity index is 3510. The fourth-order valence-electron chi connectivity index (χ4n) is 8.39. The van der Waals surface area contributed by atoms with Gasteiger partial charge in [0, 0.05) is 78.5 Å². The predicted octanol–water partition coefficient (Wildman–Crippen LogP) is 10.4. The van der Waals surface area contributed by atoms with Crippen LogP contribution in [-0.4, -0.2) is 67.0 Å². The number of anilines is 4. The third-order valence-corrected chi connectivity index (χ3v) is 12.5. The molecule has 0 atom stereocenters. The lowest BCUT2D eigenvalue weighted by molar-refractivity contribution is -0.117. The number of nitrogens with zero attached hydrogens (tertiary/aromatic N) is 8. The minimum Gasteiger partial charge on any atom is -0.457 e. The van der Waals surface area contributed by atoms with Crippen molar-refractivity contribution in [2.75, 3.05) is 34.2 Å². The molecule has 1 aliphatic heterocycles. The highest BCUT2D eigenvalue weighted by molar-refractivity contribution is 6.30. The first-order valence-corrected chi connectivity index (χ1v) is 25.2. The molecule has 4 aromatic carbocycles. The van der Waals surface area contributed by atoms with Crippen LogP contribution in [0, 0.1) is 0 Å². The lowest BCUT2D eigenvalue weighted by atomic mass is 9.92. The minimum absolute atomic E-state index is 0.0619. The Morgan fingerprint density at radius 3 is 1.96 bits per heavy atom. The van der Waals surface area contributed by atoms with Gasteiger partial charge in [0.05, 0.1) is 40.4 Å². The zero-order chi connectivity index (χ0) is 54.6. The van der Waals surface area contributed by atoms with Crippen molar-refractivity contribution in [2.45, 2.75) is 71.8 Å². The molecule has 20 heteroatoms. The van der Waals surface area contributed by atoms with Gasteiger partial charge >= 0.3 is 12.1 Å². The van der Waals surface area contributed by atoms with E-state index in [1.807, 2.05) is 53.7 Å². The average molecular weight is 1060 g/mol. The van der Waals surface area contributed by atoms with Gasteiger partial charge in [0.2, 0.25) is 5.91 Å². The van der Waals surface area contributed by atoms with E-state index in [1.54, 1.807) is 106 Å². The first-order chi connectivity index (χ1) is 36.8. The van der Waals surface area contributed by atoms with Crippen LogP contribution < -0.4 is 46.5 Å². The van der Waals surface area contributed by atoms with Gasteiger partial charge in [-0.15, -0.1) is 0 Å². The largest absolute Gasteiger partial charge is 0.457 e. The molecule has 0 radical (unpaired) electrons. The lowest BCUT2D eigenvalue weighted by Crippen LogP contribution is -2.55.